The maximum Gasteiger partial charge on any atom is 0.227 e. The first-order chi connectivity index (χ1) is 23.4. The van der Waals surface area contributed by atoms with Crippen molar-refractivity contribution in [1.82, 2.24) is 9.80 Å². The van der Waals surface area contributed by atoms with Gasteiger partial charge >= 0.3 is 0 Å². The van der Waals surface area contributed by atoms with Gasteiger partial charge in [0.15, 0.2) is 0 Å². The highest BCUT2D eigenvalue weighted by molar-refractivity contribution is 6.42. The quantitative estimate of drug-likeness (QED) is 0.112. The zero-order valence-corrected chi connectivity index (χ0v) is 29.9. The fraction of sp³-hybridized carbons (Fsp3) is 0.432. The highest BCUT2D eigenvalue weighted by Crippen LogP contribution is 2.30. The molecule has 0 aliphatic carbocycles. The molecular weight excluding hydrogens is 665 g/mol. The normalized spacial score (nSPS) is 17.0. The third kappa shape index (κ3) is 11.4. The first kappa shape index (κ1) is 38.0. The topological polar surface area (TPSA) is 137 Å². The summed E-state index contributed by atoms with van der Waals surface area (Å²) < 4.78 is 6.62. The third-order valence-electron chi connectivity index (χ3n) is 8.67. The Kier molecular flexibility index (Phi) is 14.1. The average Bonchev–Trinajstić information content (AvgIpc) is 3.10. The molecule has 0 unspecified atom stereocenters. The van der Waals surface area contributed by atoms with E-state index in [0.717, 1.165) is 12.0 Å². The van der Waals surface area contributed by atoms with Gasteiger partial charge in [-0.15, -0.1) is 0 Å². The molecule has 3 aromatic carbocycles. The predicted octanol–water partition coefficient (Wildman–Crippen LogP) is 6.38. The molecule has 264 valence electrons. The number of aliphatic hydroxyl groups is 1. The standard InChI is InChI=1S/C37H47Cl2N5O5/c1-24-20-44(25(2)23-45)37(48)19-27-18-28(41-35(46)11-5-4-6-12-36(47)42-32-10-8-7-9-31(32)40)14-16-33(27)49-34(24)22-43(3)21-26-13-15-29(38)30(39)17-26/h7-10,13-18,24-25,34,45H,4-6,11-12,19-23,40H2,1-3H3,(H,41,46)(H,42,47)/t24-,25+,34+/m1/s1. The van der Waals surface area contributed by atoms with Crippen LogP contribution in [0.3, 0.4) is 0 Å². The summed E-state index contributed by atoms with van der Waals surface area (Å²) in [6.45, 7) is 5.33. The van der Waals surface area contributed by atoms with Crippen LogP contribution in [0.5, 0.6) is 5.75 Å². The zero-order chi connectivity index (χ0) is 35.5. The second-order valence-electron chi connectivity index (χ2n) is 12.9. The van der Waals surface area contributed by atoms with Crippen molar-refractivity contribution >= 4 is 58.0 Å². The Labute approximate surface area is 298 Å². The van der Waals surface area contributed by atoms with E-state index in [2.05, 4.69) is 15.5 Å². The van der Waals surface area contributed by atoms with Crippen molar-refractivity contribution in [3.05, 3.63) is 81.8 Å². The maximum absolute atomic E-state index is 13.6. The Morgan fingerprint density at radius 3 is 2.43 bits per heavy atom. The first-order valence-electron chi connectivity index (χ1n) is 16.7. The lowest BCUT2D eigenvalue weighted by Crippen LogP contribution is -2.47. The number of rotatable bonds is 14. The van der Waals surface area contributed by atoms with Crippen LogP contribution in [0.2, 0.25) is 10.0 Å². The van der Waals surface area contributed by atoms with E-state index >= 15 is 0 Å². The number of benzene rings is 3. The number of likely N-dealkylation sites (N-methyl/N-ethyl adjacent to an activating group) is 1. The molecular formula is C37H47Cl2N5O5. The minimum atomic E-state index is -0.364. The minimum Gasteiger partial charge on any atom is -0.488 e. The van der Waals surface area contributed by atoms with Crippen molar-refractivity contribution in [2.45, 2.75) is 71.1 Å². The molecule has 0 aromatic heterocycles. The van der Waals surface area contributed by atoms with E-state index in [1.54, 1.807) is 41.3 Å². The van der Waals surface area contributed by atoms with E-state index < -0.39 is 0 Å². The number of nitrogens with zero attached hydrogens (tertiary/aromatic N) is 2. The van der Waals surface area contributed by atoms with Crippen LogP contribution < -0.4 is 21.1 Å². The maximum atomic E-state index is 13.6. The van der Waals surface area contributed by atoms with Crippen molar-refractivity contribution in [3.8, 4) is 5.75 Å². The molecule has 0 bridgehead atoms. The number of hydrogen-bond acceptors (Lipinski definition) is 7. The molecule has 10 nitrogen and oxygen atoms in total. The summed E-state index contributed by atoms with van der Waals surface area (Å²) in [7, 11) is 2.00. The summed E-state index contributed by atoms with van der Waals surface area (Å²) in [4.78, 5) is 42.5. The zero-order valence-electron chi connectivity index (χ0n) is 28.4. The van der Waals surface area contributed by atoms with Gasteiger partial charge in [0.1, 0.15) is 11.9 Å². The van der Waals surface area contributed by atoms with Gasteiger partial charge in [0.2, 0.25) is 17.7 Å². The molecule has 3 aromatic rings. The fourth-order valence-corrected chi connectivity index (χ4v) is 6.16. The molecule has 3 atom stereocenters. The van der Waals surface area contributed by atoms with Crippen LogP contribution in [0.15, 0.2) is 60.7 Å². The Morgan fingerprint density at radius 1 is 1.02 bits per heavy atom. The van der Waals surface area contributed by atoms with Gasteiger partial charge in [0.25, 0.3) is 0 Å². The summed E-state index contributed by atoms with van der Waals surface area (Å²) in [6, 6.07) is 17.7. The van der Waals surface area contributed by atoms with Crippen LogP contribution in [0.4, 0.5) is 17.1 Å². The second-order valence-corrected chi connectivity index (χ2v) is 13.7. The van der Waals surface area contributed by atoms with Gasteiger partial charge in [-0.1, -0.05) is 54.7 Å². The number of hydrogen-bond donors (Lipinski definition) is 4. The molecule has 1 heterocycles. The first-order valence-corrected chi connectivity index (χ1v) is 17.5. The van der Waals surface area contributed by atoms with Gasteiger partial charge in [-0.05, 0) is 74.8 Å². The van der Waals surface area contributed by atoms with Gasteiger partial charge in [0.05, 0.1) is 40.5 Å². The Hall–Kier alpha value is -3.83. The largest absolute Gasteiger partial charge is 0.488 e. The number of nitrogen functional groups attached to an aromatic ring is 1. The number of unbranched alkanes of at least 4 members (excludes halogenated alkanes) is 2. The van der Waals surface area contributed by atoms with Crippen LogP contribution in [0.25, 0.3) is 0 Å². The molecule has 5 N–H and O–H groups in total. The number of aliphatic hydroxyl groups excluding tert-OH is 1. The number of nitrogens with two attached hydrogens (primary N) is 1. The number of anilines is 3. The smallest absolute Gasteiger partial charge is 0.227 e. The van der Waals surface area contributed by atoms with Gasteiger partial charge < -0.3 is 31.1 Å². The fourth-order valence-electron chi connectivity index (χ4n) is 5.84. The Morgan fingerprint density at radius 2 is 1.73 bits per heavy atom. The SMILES string of the molecule is C[C@@H]1CN([C@@H](C)CO)C(=O)Cc2cc(NC(=O)CCCCCC(=O)Nc3ccccc3N)ccc2O[C@H]1CN(C)Cc1ccc(Cl)c(Cl)c1. The molecule has 0 fully saturated rings. The molecule has 49 heavy (non-hydrogen) atoms. The van der Waals surface area contributed by atoms with E-state index in [4.69, 9.17) is 33.7 Å². The van der Waals surface area contributed by atoms with Gasteiger partial charge in [-0.3, -0.25) is 19.3 Å². The van der Waals surface area contributed by atoms with E-state index in [0.29, 0.717) is 83.7 Å². The van der Waals surface area contributed by atoms with Crippen LogP contribution in [-0.4, -0.2) is 71.5 Å². The molecule has 0 spiro atoms. The number of nitrogens with one attached hydrogen (secondary N) is 2. The van der Waals surface area contributed by atoms with Crippen LogP contribution in [-0.2, 0) is 27.3 Å². The minimum absolute atomic E-state index is 0.0536. The molecule has 0 radical (unpaired) electrons. The predicted molar refractivity (Wildman–Crippen MR) is 196 cm³/mol. The number of fused-ring (bicyclic) bond motifs is 1. The number of halogens is 2. The molecule has 4 rings (SSSR count). The van der Waals surface area contributed by atoms with Crippen molar-refractivity contribution < 1.29 is 24.2 Å². The Balaban J connectivity index is 1.37. The van der Waals surface area contributed by atoms with Crippen molar-refractivity contribution in [1.29, 1.82) is 0 Å². The molecule has 1 aliphatic heterocycles. The number of amides is 3. The van der Waals surface area contributed by atoms with Gasteiger partial charge in [-0.2, -0.15) is 0 Å². The Bertz CT molecular complexity index is 1610. The van der Waals surface area contributed by atoms with Crippen molar-refractivity contribution in [2.75, 3.05) is 43.1 Å². The lowest BCUT2D eigenvalue weighted by molar-refractivity contribution is -0.134. The van der Waals surface area contributed by atoms with Crippen molar-refractivity contribution in [3.63, 3.8) is 0 Å². The van der Waals surface area contributed by atoms with Crippen LogP contribution in [0.1, 0.15) is 57.1 Å². The van der Waals surface area contributed by atoms with Crippen LogP contribution in [0, 0.1) is 5.92 Å². The summed E-state index contributed by atoms with van der Waals surface area (Å²) in [5, 5.41) is 16.7. The summed E-state index contributed by atoms with van der Waals surface area (Å²) in [5.74, 6) is 0.146. The summed E-state index contributed by atoms with van der Waals surface area (Å²) in [6.07, 6.45) is 2.42. The van der Waals surface area contributed by atoms with Crippen LogP contribution >= 0.6 is 23.2 Å². The van der Waals surface area contributed by atoms with E-state index in [-0.39, 0.29) is 48.8 Å². The highest BCUT2D eigenvalue weighted by Gasteiger charge is 2.31. The number of carbonyl (C=O) groups excluding carboxylic acids is 3. The molecule has 3 amide bonds. The van der Waals surface area contributed by atoms with Gasteiger partial charge in [-0.25, -0.2) is 0 Å². The highest BCUT2D eigenvalue weighted by atomic mass is 35.5. The van der Waals surface area contributed by atoms with E-state index in [1.807, 2.05) is 45.2 Å². The number of para-hydroxylation sites is 2. The lowest BCUT2D eigenvalue weighted by atomic mass is 10.0. The molecule has 0 saturated carbocycles. The second kappa shape index (κ2) is 18.2. The summed E-state index contributed by atoms with van der Waals surface area (Å²) in [5.41, 5.74) is 9.25. The molecule has 0 saturated heterocycles. The molecule has 1 aliphatic rings. The van der Waals surface area contributed by atoms with E-state index in [1.165, 1.54) is 0 Å². The van der Waals surface area contributed by atoms with Crippen molar-refractivity contribution in [2.24, 2.45) is 5.92 Å². The lowest BCUT2D eigenvalue weighted by Gasteiger charge is -2.34. The summed E-state index contributed by atoms with van der Waals surface area (Å²) >= 11 is 12.3. The average molecular weight is 713 g/mol. The van der Waals surface area contributed by atoms with E-state index in [9.17, 15) is 19.5 Å². The monoisotopic (exact) mass is 711 g/mol. The van der Waals surface area contributed by atoms with Gasteiger partial charge in [0, 0.05) is 49.6 Å². The molecule has 12 heteroatoms. The number of carbonyl (C=O) groups is 3. The number of ether oxygens (including phenoxy) is 1. The third-order valence-corrected chi connectivity index (χ3v) is 9.41.